The Labute approximate surface area is 151 Å². The molecule has 0 unspecified atom stereocenters. The lowest BCUT2D eigenvalue weighted by molar-refractivity contribution is 0.641. The number of hydrogen-bond donors (Lipinski definition) is 0. The van der Waals surface area contributed by atoms with E-state index in [4.69, 9.17) is 5.26 Å². The second kappa shape index (κ2) is 7.40. The summed E-state index contributed by atoms with van der Waals surface area (Å²) in [5.41, 5.74) is 4.94. The Morgan fingerprint density at radius 1 is 0.846 bits per heavy atom. The van der Waals surface area contributed by atoms with E-state index in [1.54, 1.807) is 24.8 Å². The van der Waals surface area contributed by atoms with Gasteiger partial charge < -0.3 is 4.90 Å². The second-order valence-corrected chi connectivity index (χ2v) is 6.28. The van der Waals surface area contributed by atoms with Crippen molar-refractivity contribution in [2.24, 2.45) is 4.99 Å². The lowest BCUT2D eigenvalue weighted by atomic mass is 10.1. The van der Waals surface area contributed by atoms with Crippen molar-refractivity contribution < 1.29 is 0 Å². The lowest BCUT2D eigenvalue weighted by Crippen LogP contribution is -2.29. The van der Waals surface area contributed by atoms with Gasteiger partial charge in [-0.3, -0.25) is 24.9 Å². The maximum absolute atomic E-state index is 8.63. The molecule has 3 aromatic rings. The SMILES string of the molecule is N#CCCCCCCN1CC=Nc2c1c1nccnc1c1nccnc21. The van der Waals surface area contributed by atoms with Crippen LogP contribution in [-0.4, -0.2) is 39.2 Å². The van der Waals surface area contributed by atoms with E-state index in [9.17, 15) is 0 Å². The number of hydrogen-bond acceptors (Lipinski definition) is 7. The predicted molar refractivity (Wildman–Crippen MR) is 102 cm³/mol. The summed E-state index contributed by atoms with van der Waals surface area (Å²) >= 11 is 0. The van der Waals surface area contributed by atoms with Gasteiger partial charge in [0.25, 0.3) is 0 Å². The van der Waals surface area contributed by atoms with Gasteiger partial charge in [0.05, 0.1) is 18.3 Å². The third kappa shape index (κ3) is 2.94. The van der Waals surface area contributed by atoms with Crippen LogP contribution >= 0.6 is 0 Å². The zero-order valence-corrected chi connectivity index (χ0v) is 14.5. The molecule has 0 atom stereocenters. The fourth-order valence-corrected chi connectivity index (χ4v) is 3.40. The number of benzene rings is 1. The van der Waals surface area contributed by atoms with Crippen molar-refractivity contribution in [2.45, 2.75) is 32.1 Å². The van der Waals surface area contributed by atoms with E-state index < -0.39 is 0 Å². The van der Waals surface area contributed by atoms with Gasteiger partial charge >= 0.3 is 0 Å². The highest BCUT2D eigenvalue weighted by atomic mass is 15.2. The Morgan fingerprint density at radius 3 is 2.27 bits per heavy atom. The molecule has 0 radical (unpaired) electrons. The maximum Gasteiger partial charge on any atom is 0.119 e. The highest BCUT2D eigenvalue weighted by Crippen LogP contribution is 2.42. The molecule has 0 amide bonds. The van der Waals surface area contributed by atoms with Crippen LogP contribution in [0.4, 0.5) is 11.4 Å². The maximum atomic E-state index is 8.63. The molecule has 0 N–H and O–H groups in total. The summed E-state index contributed by atoms with van der Waals surface area (Å²) in [6.07, 6.45) is 13.6. The normalized spacial score (nSPS) is 13.1. The molecule has 0 spiro atoms. The summed E-state index contributed by atoms with van der Waals surface area (Å²) in [5, 5.41) is 8.63. The molecule has 130 valence electrons. The van der Waals surface area contributed by atoms with Gasteiger partial charge in [-0.05, 0) is 12.8 Å². The molecule has 4 rings (SSSR count). The summed E-state index contributed by atoms with van der Waals surface area (Å²) in [5.74, 6) is 0. The number of nitriles is 1. The Kier molecular flexibility index (Phi) is 4.65. The molecule has 7 nitrogen and oxygen atoms in total. The number of nitrogens with zero attached hydrogens (tertiary/aromatic N) is 7. The van der Waals surface area contributed by atoms with Gasteiger partial charge in [0.1, 0.15) is 27.8 Å². The first-order valence-electron chi connectivity index (χ1n) is 8.92. The molecule has 0 bridgehead atoms. The minimum Gasteiger partial charge on any atom is -0.363 e. The molecule has 0 saturated carbocycles. The number of aliphatic imine (C=N–C) groups is 1. The Morgan fingerprint density at radius 2 is 1.50 bits per heavy atom. The van der Waals surface area contributed by atoms with Gasteiger partial charge in [-0.25, -0.2) is 0 Å². The monoisotopic (exact) mass is 345 g/mol. The molecule has 1 aliphatic rings. The predicted octanol–water partition coefficient (Wildman–Crippen LogP) is 3.57. The van der Waals surface area contributed by atoms with Gasteiger partial charge in [0, 0.05) is 44.0 Å². The standard InChI is InChI=1S/C19H19N7/c20-6-4-2-1-3-5-12-26-13-11-25-18-16-14(21-7-8-22-16)15-17(19(18)26)24-10-9-23-15/h7-11H,1-5,12-13H2. The van der Waals surface area contributed by atoms with E-state index >= 15 is 0 Å². The summed E-state index contributed by atoms with van der Waals surface area (Å²) in [6, 6.07) is 2.20. The minimum absolute atomic E-state index is 0.643. The molecule has 0 saturated heterocycles. The number of unbranched alkanes of at least 4 members (excludes halogenated alkanes) is 4. The van der Waals surface area contributed by atoms with Crippen LogP contribution < -0.4 is 4.90 Å². The third-order valence-electron chi connectivity index (χ3n) is 4.60. The van der Waals surface area contributed by atoms with Gasteiger partial charge in [-0.2, -0.15) is 5.26 Å². The van der Waals surface area contributed by atoms with Crippen molar-refractivity contribution in [1.29, 1.82) is 5.26 Å². The zero-order chi connectivity index (χ0) is 17.8. The van der Waals surface area contributed by atoms with E-state index in [1.165, 1.54) is 0 Å². The van der Waals surface area contributed by atoms with Crippen LogP contribution in [0.2, 0.25) is 0 Å². The second-order valence-electron chi connectivity index (χ2n) is 6.28. The van der Waals surface area contributed by atoms with Crippen LogP contribution in [0.1, 0.15) is 32.1 Å². The summed E-state index contributed by atoms with van der Waals surface area (Å²) in [6.45, 7) is 1.67. The van der Waals surface area contributed by atoms with Crippen molar-refractivity contribution in [1.82, 2.24) is 19.9 Å². The summed E-state index contributed by atoms with van der Waals surface area (Å²) in [4.78, 5) is 25.0. The van der Waals surface area contributed by atoms with Crippen molar-refractivity contribution in [3.8, 4) is 6.07 Å². The molecule has 0 aliphatic carbocycles. The Hall–Kier alpha value is -3.14. The average molecular weight is 345 g/mol. The molecular formula is C19H19N7. The van der Waals surface area contributed by atoms with E-state index in [0.717, 1.165) is 72.2 Å². The molecule has 26 heavy (non-hydrogen) atoms. The topological polar surface area (TPSA) is 91.0 Å². The highest BCUT2D eigenvalue weighted by Gasteiger charge is 2.23. The van der Waals surface area contributed by atoms with Crippen molar-refractivity contribution >= 4 is 39.7 Å². The number of rotatable bonds is 6. The average Bonchev–Trinajstić information content (AvgIpc) is 2.71. The summed E-state index contributed by atoms with van der Waals surface area (Å²) in [7, 11) is 0. The third-order valence-corrected chi connectivity index (χ3v) is 4.60. The van der Waals surface area contributed by atoms with Gasteiger partial charge in [0.2, 0.25) is 0 Å². The number of fused-ring (bicyclic) bond motifs is 6. The number of aromatic nitrogens is 4. The van der Waals surface area contributed by atoms with E-state index in [-0.39, 0.29) is 0 Å². The van der Waals surface area contributed by atoms with Gasteiger partial charge in [-0.15, -0.1) is 0 Å². The van der Waals surface area contributed by atoms with Crippen LogP contribution in [0.15, 0.2) is 29.8 Å². The number of anilines is 1. The lowest BCUT2D eigenvalue weighted by Gasteiger charge is -2.28. The van der Waals surface area contributed by atoms with Crippen LogP contribution in [0.25, 0.3) is 22.1 Å². The Balaban J connectivity index is 1.69. The molecule has 1 aromatic carbocycles. The molecular weight excluding hydrogens is 326 g/mol. The van der Waals surface area contributed by atoms with E-state index in [1.807, 2.05) is 6.21 Å². The van der Waals surface area contributed by atoms with Crippen LogP contribution in [0.5, 0.6) is 0 Å². The van der Waals surface area contributed by atoms with Crippen molar-refractivity contribution in [3.63, 3.8) is 0 Å². The minimum atomic E-state index is 0.643. The first kappa shape index (κ1) is 16.3. The summed E-state index contributed by atoms with van der Waals surface area (Å²) < 4.78 is 0. The molecule has 2 aromatic heterocycles. The highest BCUT2D eigenvalue weighted by molar-refractivity contribution is 6.15. The van der Waals surface area contributed by atoms with Gasteiger partial charge in [-0.1, -0.05) is 12.8 Å². The smallest absolute Gasteiger partial charge is 0.119 e. The fraction of sp³-hybridized carbons (Fsp3) is 0.368. The molecule has 0 fully saturated rings. The fourth-order valence-electron chi connectivity index (χ4n) is 3.40. The van der Waals surface area contributed by atoms with Crippen molar-refractivity contribution in [2.75, 3.05) is 18.0 Å². The largest absolute Gasteiger partial charge is 0.363 e. The van der Waals surface area contributed by atoms with Crippen LogP contribution in [0, 0.1) is 11.3 Å². The molecule has 7 heteroatoms. The van der Waals surface area contributed by atoms with E-state index in [2.05, 4.69) is 35.9 Å². The van der Waals surface area contributed by atoms with Crippen LogP contribution in [0.3, 0.4) is 0 Å². The first-order chi connectivity index (χ1) is 12.9. The van der Waals surface area contributed by atoms with Gasteiger partial charge in [0.15, 0.2) is 0 Å². The van der Waals surface area contributed by atoms with Crippen LogP contribution in [-0.2, 0) is 0 Å². The quantitative estimate of drug-likeness (QED) is 0.501. The van der Waals surface area contributed by atoms with E-state index in [0.29, 0.717) is 6.42 Å². The van der Waals surface area contributed by atoms with Crippen molar-refractivity contribution in [3.05, 3.63) is 24.8 Å². The molecule has 1 aliphatic heterocycles. The first-order valence-corrected chi connectivity index (χ1v) is 8.92. The molecule has 3 heterocycles. The zero-order valence-electron chi connectivity index (χ0n) is 14.5. The Bertz CT molecular complexity index is 1010.